The lowest BCUT2D eigenvalue weighted by molar-refractivity contribution is 0.141. The van der Waals surface area contributed by atoms with Crippen LogP contribution in [0.2, 0.25) is 0 Å². The number of fused-ring (bicyclic) bond motifs is 1. The fourth-order valence-corrected chi connectivity index (χ4v) is 2.90. The minimum absolute atomic E-state index is 0.543. The molecule has 0 unspecified atom stereocenters. The Morgan fingerprint density at radius 1 is 1.27 bits per heavy atom. The fraction of sp³-hybridized carbons (Fsp3) is 0.421. The van der Waals surface area contributed by atoms with Gasteiger partial charge in [-0.3, -0.25) is 4.98 Å². The van der Waals surface area contributed by atoms with Gasteiger partial charge >= 0.3 is 0 Å². The molecule has 0 bridgehead atoms. The summed E-state index contributed by atoms with van der Waals surface area (Å²) in [5.74, 6) is 0. The Hall–Kier alpha value is -2.83. The van der Waals surface area contributed by atoms with Crippen LogP contribution < -0.4 is 0 Å². The summed E-state index contributed by atoms with van der Waals surface area (Å²) in [7, 11) is 1.53. The van der Waals surface area contributed by atoms with Gasteiger partial charge < -0.3 is 9.68 Å². The van der Waals surface area contributed by atoms with Crippen molar-refractivity contribution in [3.63, 3.8) is 0 Å². The van der Waals surface area contributed by atoms with E-state index in [1.165, 1.54) is 7.11 Å². The minimum atomic E-state index is 0.543. The third kappa shape index (κ3) is 4.62. The van der Waals surface area contributed by atoms with Gasteiger partial charge in [0.05, 0.1) is 11.4 Å². The van der Waals surface area contributed by atoms with E-state index in [0.717, 1.165) is 66.2 Å². The van der Waals surface area contributed by atoms with Crippen molar-refractivity contribution in [1.82, 2.24) is 15.0 Å². The van der Waals surface area contributed by atoms with Gasteiger partial charge in [-0.05, 0) is 56.7 Å². The molecule has 1 aliphatic rings. The first kappa shape index (κ1) is 18.0. The molecule has 7 nitrogen and oxygen atoms in total. The topological polar surface area (TPSA) is 81.9 Å². The van der Waals surface area contributed by atoms with Crippen LogP contribution >= 0.6 is 0 Å². The quantitative estimate of drug-likeness (QED) is 0.434. The summed E-state index contributed by atoms with van der Waals surface area (Å²) in [5.41, 5.74) is 5.57. The second kappa shape index (κ2) is 9.03. The summed E-state index contributed by atoms with van der Waals surface area (Å²) in [4.78, 5) is 23.3. The average Bonchev–Trinajstić information content (AvgIpc) is 2.68. The Kier molecular flexibility index (Phi) is 6.24. The van der Waals surface area contributed by atoms with Gasteiger partial charge in [0.25, 0.3) is 0 Å². The average molecular weight is 353 g/mol. The number of aryl methyl sites for hydroxylation is 2. The van der Waals surface area contributed by atoms with Gasteiger partial charge in [-0.15, -0.1) is 0 Å². The van der Waals surface area contributed by atoms with Crippen LogP contribution in [0.3, 0.4) is 0 Å². The normalized spacial score (nSPS) is 15.6. The van der Waals surface area contributed by atoms with E-state index in [4.69, 9.17) is 9.68 Å². The monoisotopic (exact) mass is 353 g/mol. The van der Waals surface area contributed by atoms with Crippen LogP contribution in [-0.2, 0) is 22.5 Å². The minimum Gasteiger partial charge on any atom is -0.399 e. The highest BCUT2D eigenvalue weighted by molar-refractivity contribution is 6.00. The molecule has 0 N–H and O–H groups in total. The van der Waals surface area contributed by atoms with Crippen molar-refractivity contribution in [3.8, 4) is 0 Å². The van der Waals surface area contributed by atoms with Crippen LogP contribution in [0.4, 0.5) is 0 Å². The van der Waals surface area contributed by atoms with Crippen molar-refractivity contribution >= 4 is 11.4 Å². The molecule has 26 heavy (non-hydrogen) atoms. The Labute approximate surface area is 153 Å². The maximum atomic E-state index is 5.52. The first-order valence-electron chi connectivity index (χ1n) is 8.80. The second-order valence-electron chi connectivity index (χ2n) is 6.10. The van der Waals surface area contributed by atoms with Crippen molar-refractivity contribution in [2.75, 3.05) is 13.7 Å². The zero-order chi connectivity index (χ0) is 18.2. The lowest BCUT2D eigenvalue weighted by atomic mass is 9.96. The van der Waals surface area contributed by atoms with Crippen molar-refractivity contribution < 1.29 is 9.68 Å². The van der Waals surface area contributed by atoms with Gasteiger partial charge in [0, 0.05) is 11.9 Å². The number of hydrogen-bond donors (Lipinski definition) is 0. The van der Waals surface area contributed by atoms with Crippen LogP contribution in [0, 0.1) is 0 Å². The molecule has 2 aromatic heterocycles. The summed E-state index contributed by atoms with van der Waals surface area (Å²) >= 11 is 0. The molecule has 0 atom stereocenters. The largest absolute Gasteiger partial charge is 0.399 e. The van der Waals surface area contributed by atoms with Gasteiger partial charge in [0.15, 0.2) is 0 Å². The molecule has 0 spiro atoms. The number of pyridine rings is 1. The Balaban J connectivity index is 1.51. The van der Waals surface area contributed by atoms with E-state index in [0.29, 0.717) is 6.61 Å². The smallest absolute Gasteiger partial charge is 0.117 e. The molecule has 1 aliphatic carbocycles. The first-order valence-corrected chi connectivity index (χ1v) is 8.80. The fourth-order valence-electron chi connectivity index (χ4n) is 2.90. The molecule has 0 aromatic carbocycles. The van der Waals surface area contributed by atoms with E-state index >= 15 is 0 Å². The maximum absolute atomic E-state index is 5.52. The molecule has 0 aliphatic heterocycles. The third-order valence-corrected chi connectivity index (χ3v) is 4.17. The van der Waals surface area contributed by atoms with E-state index < -0.39 is 0 Å². The summed E-state index contributed by atoms with van der Waals surface area (Å²) in [6, 6.07) is 5.90. The highest BCUT2D eigenvalue weighted by atomic mass is 16.6. The molecule has 2 heterocycles. The van der Waals surface area contributed by atoms with E-state index in [1.807, 2.05) is 31.3 Å². The van der Waals surface area contributed by atoms with Gasteiger partial charge in [-0.1, -0.05) is 16.4 Å². The predicted molar refractivity (Wildman–Crippen MR) is 99.2 cm³/mol. The Morgan fingerprint density at radius 3 is 3.08 bits per heavy atom. The van der Waals surface area contributed by atoms with Crippen LogP contribution in [0.5, 0.6) is 0 Å². The molecule has 0 fully saturated rings. The van der Waals surface area contributed by atoms with Gasteiger partial charge in [-0.25, -0.2) is 9.97 Å². The lowest BCUT2D eigenvalue weighted by Crippen LogP contribution is -2.15. The Morgan fingerprint density at radius 2 is 2.19 bits per heavy atom. The second-order valence-corrected chi connectivity index (χ2v) is 6.10. The molecule has 0 amide bonds. The van der Waals surface area contributed by atoms with Crippen molar-refractivity contribution in [2.24, 2.45) is 10.3 Å². The van der Waals surface area contributed by atoms with E-state index in [2.05, 4.69) is 25.3 Å². The Bertz CT molecular complexity index is 804. The number of rotatable bonds is 7. The molecule has 0 saturated heterocycles. The zero-order valence-electron chi connectivity index (χ0n) is 15.2. The molecule has 0 saturated carbocycles. The SMILES string of the molecule is CON=C(C)c1cccc(CCCON=C2CCCc3cncnc32)n1. The van der Waals surface area contributed by atoms with Crippen LogP contribution in [0.1, 0.15) is 48.8 Å². The first-order chi connectivity index (χ1) is 12.8. The molecule has 2 aromatic rings. The summed E-state index contributed by atoms with van der Waals surface area (Å²) < 4.78 is 0. The predicted octanol–water partition coefficient (Wildman–Crippen LogP) is 2.93. The van der Waals surface area contributed by atoms with Crippen LogP contribution in [0.25, 0.3) is 0 Å². The summed E-state index contributed by atoms with van der Waals surface area (Å²) in [6.45, 7) is 2.42. The highest BCUT2D eigenvalue weighted by Crippen LogP contribution is 2.18. The standard InChI is InChI=1S/C19H23N5O2/c1-14(23-25-2)17-9-4-7-16(22-17)8-5-11-26-24-18-10-3-6-15-12-20-13-21-19(15)18/h4,7,9,12-13H,3,5-6,8,10-11H2,1-2H3. The number of hydrogen-bond acceptors (Lipinski definition) is 7. The zero-order valence-corrected chi connectivity index (χ0v) is 15.2. The van der Waals surface area contributed by atoms with Crippen LogP contribution in [0.15, 0.2) is 41.0 Å². The van der Waals surface area contributed by atoms with Crippen molar-refractivity contribution in [3.05, 3.63) is 53.4 Å². The lowest BCUT2D eigenvalue weighted by Gasteiger charge is -2.15. The third-order valence-electron chi connectivity index (χ3n) is 4.17. The van der Waals surface area contributed by atoms with Crippen molar-refractivity contribution in [2.45, 2.75) is 39.0 Å². The molecule has 7 heteroatoms. The summed E-state index contributed by atoms with van der Waals surface area (Å²) in [6.07, 6.45) is 8.04. The van der Waals surface area contributed by atoms with E-state index in [1.54, 1.807) is 6.33 Å². The summed E-state index contributed by atoms with van der Waals surface area (Å²) in [5, 5.41) is 8.21. The molecular formula is C19H23N5O2. The van der Waals surface area contributed by atoms with Gasteiger partial charge in [0.2, 0.25) is 0 Å². The number of nitrogens with zero attached hydrogens (tertiary/aromatic N) is 5. The van der Waals surface area contributed by atoms with E-state index in [-0.39, 0.29) is 0 Å². The highest BCUT2D eigenvalue weighted by Gasteiger charge is 2.17. The van der Waals surface area contributed by atoms with E-state index in [9.17, 15) is 0 Å². The maximum Gasteiger partial charge on any atom is 0.117 e. The molecule has 136 valence electrons. The molecule has 0 radical (unpaired) electrons. The van der Waals surface area contributed by atoms with Gasteiger partial charge in [0.1, 0.15) is 31.5 Å². The van der Waals surface area contributed by atoms with Crippen LogP contribution in [-0.4, -0.2) is 40.1 Å². The number of aromatic nitrogens is 3. The molecule has 3 rings (SSSR count). The van der Waals surface area contributed by atoms with Crippen molar-refractivity contribution in [1.29, 1.82) is 0 Å². The van der Waals surface area contributed by atoms with Gasteiger partial charge in [-0.2, -0.15) is 0 Å². The molecular weight excluding hydrogens is 330 g/mol. The number of oxime groups is 2.